The van der Waals surface area contributed by atoms with Crippen LogP contribution in [0.15, 0.2) is 28.4 Å². The fraction of sp³-hybridized carbons (Fsp3) is 0.111. The predicted molar refractivity (Wildman–Crippen MR) is 62.1 cm³/mol. The molecule has 0 aliphatic heterocycles. The first-order chi connectivity index (χ1) is 7.80. The number of nitrogens with two attached hydrogens (primary N) is 2. The summed E-state index contributed by atoms with van der Waals surface area (Å²) in [6.45, 7) is 0. The van der Waals surface area contributed by atoms with Gasteiger partial charge in [-0.1, -0.05) is 0 Å². The van der Waals surface area contributed by atoms with Crippen LogP contribution in [-0.4, -0.2) is 12.2 Å². The lowest BCUT2D eigenvalue weighted by molar-refractivity contribution is -0.137. The Bertz CT molecular complexity index is 466. The van der Waals surface area contributed by atoms with Gasteiger partial charge in [0.25, 0.3) is 0 Å². The summed E-state index contributed by atoms with van der Waals surface area (Å²) in [5.74, 6) is -1.24. The quantitative estimate of drug-likeness (QED) is 0.376. The molecule has 0 heterocycles. The summed E-state index contributed by atoms with van der Waals surface area (Å²) in [4.78, 5) is 0. The van der Waals surface area contributed by atoms with Gasteiger partial charge in [-0.15, -0.1) is 17.5 Å². The van der Waals surface area contributed by atoms with E-state index < -0.39 is 17.6 Å². The molecule has 1 aromatic rings. The Morgan fingerprint density at radius 1 is 1.22 bits per heavy atom. The maximum absolute atomic E-state index is 13.1. The van der Waals surface area contributed by atoms with Gasteiger partial charge in [-0.25, -0.2) is 4.39 Å². The standard InChI is InChI=1S/C9H8F4N4.ClH/c10-7-2-1-6(9(11,12)13)3-5(7)4-16-17-8(14)15;/h1-4H,(H4,14,15,17);1H. The third kappa shape index (κ3) is 4.58. The third-order valence-electron chi connectivity index (χ3n) is 1.69. The Morgan fingerprint density at radius 2 is 1.83 bits per heavy atom. The molecule has 9 heteroatoms. The number of rotatable bonds is 2. The van der Waals surface area contributed by atoms with Crippen molar-refractivity contribution >= 4 is 24.6 Å². The molecule has 0 aliphatic rings. The number of benzene rings is 1. The maximum atomic E-state index is 13.1. The summed E-state index contributed by atoms with van der Waals surface area (Å²) < 4.78 is 50.1. The van der Waals surface area contributed by atoms with Crippen LogP contribution in [0.2, 0.25) is 0 Å². The van der Waals surface area contributed by atoms with Gasteiger partial charge in [0.15, 0.2) is 0 Å². The Morgan fingerprint density at radius 3 is 2.33 bits per heavy atom. The molecule has 4 nitrogen and oxygen atoms in total. The van der Waals surface area contributed by atoms with Crippen molar-refractivity contribution in [2.45, 2.75) is 6.18 Å². The van der Waals surface area contributed by atoms with E-state index in [1.807, 2.05) is 0 Å². The molecular formula is C9H9ClF4N4. The number of hydrogen-bond acceptors (Lipinski definition) is 2. The lowest BCUT2D eigenvalue weighted by Gasteiger charge is -2.07. The van der Waals surface area contributed by atoms with Crippen molar-refractivity contribution in [3.63, 3.8) is 0 Å². The largest absolute Gasteiger partial charge is 0.416 e. The summed E-state index contributed by atoms with van der Waals surface area (Å²) >= 11 is 0. The van der Waals surface area contributed by atoms with Crippen LogP contribution in [0, 0.1) is 5.82 Å². The Kier molecular flexibility index (Phi) is 5.57. The molecule has 0 amide bonds. The van der Waals surface area contributed by atoms with Crippen molar-refractivity contribution in [1.29, 1.82) is 0 Å². The van der Waals surface area contributed by atoms with Gasteiger partial charge in [-0.3, -0.25) is 0 Å². The summed E-state index contributed by atoms with van der Waals surface area (Å²) in [5, 5.41) is 6.38. The molecule has 0 bridgehead atoms. The first-order valence-corrected chi connectivity index (χ1v) is 4.29. The lowest BCUT2D eigenvalue weighted by atomic mass is 10.1. The van der Waals surface area contributed by atoms with E-state index in [2.05, 4.69) is 10.2 Å². The van der Waals surface area contributed by atoms with Crippen LogP contribution < -0.4 is 11.5 Å². The van der Waals surface area contributed by atoms with Crippen LogP contribution in [0.4, 0.5) is 17.6 Å². The minimum Gasteiger partial charge on any atom is -0.369 e. The lowest BCUT2D eigenvalue weighted by Crippen LogP contribution is -2.21. The average Bonchev–Trinajstić information content (AvgIpc) is 2.18. The zero-order valence-electron chi connectivity index (χ0n) is 8.78. The van der Waals surface area contributed by atoms with E-state index in [1.54, 1.807) is 0 Å². The minimum absolute atomic E-state index is 0. The third-order valence-corrected chi connectivity index (χ3v) is 1.69. The number of alkyl halides is 3. The second-order valence-electron chi connectivity index (χ2n) is 3.00. The molecular weight excluding hydrogens is 276 g/mol. The number of halogens is 5. The summed E-state index contributed by atoms with van der Waals surface area (Å²) in [5.41, 5.74) is 8.53. The molecule has 0 atom stereocenters. The molecule has 0 aliphatic carbocycles. The smallest absolute Gasteiger partial charge is 0.369 e. The maximum Gasteiger partial charge on any atom is 0.416 e. The number of nitrogens with zero attached hydrogens (tertiary/aromatic N) is 2. The number of hydrogen-bond donors (Lipinski definition) is 2. The van der Waals surface area contributed by atoms with Gasteiger partial charge in [0.1, 0.15) is 5.82 Å². The summed E-state index contributed by atoms with van der Waals surface area (Å²) in [7, 11) is 0. The van der Waals surface area contributed by atoms with Crippen LogP contribution in [0.1, 0.15) is 11.1 Å². The molecule has 0 spiro atoms. The van der Waals surface area contributed by atoms with E-state index in [4.69, 9.17) is 11.5 Å². The van der Waals surface area contributed by atoms with E-state index in [-0.39, 0.29) is 23.9 Å². The van der Waals surface area contributed by atoms with E-state index in [1.165, 1.54) is 0 Å². The van der Waals surface area contributed by atoms with Crippen molar-refractivity contribution in [2.75, 3.05) is 0 Å². The highest BCUT2D eigenvalue weighted by Crippen LogP contribution is 2.29. The van der Waals surface area contributed by atoms with Crippen LogP contribution in [0.5, 0.6) is 0 Å². The van der Waals surface area contributed by atoms with Gasteiger partial charge < -0.3 is 11.5 Å². The normalized spacial score (nSPS) is 11.1. The summed E-state index contributed by atoms with van der Waals surface area (Å²) in [6.07, 6.45) is -3.75. The molecule has 0 radical (unpaired) electrons. The van der Waals surface area contributed by atoms with Crippen molar-refractivity contribution in [1.82, 2.24) is 0 Å². The fourth-order valence-electron chi connectivity index (χ4n) is 0.977. The SMILES string of the molecule is Cl.NC(N)=NN=Cc1cc(C(F)(F)F)ccc1F. The second kappa shape index (κ2) is 6.20. The van der Waals surface area contributed by atoms with Gasteiger partial charge in [0.2, 0.25) is 5.96 Å². The highest BCUT2D eigenvalue weighted by molar-refractivity contribution is 5.85. The molecule has 0 fully saturated rings. The monoisotopic (exact) mass is 284 g/mol. The van der Waals surface area contributed by atoms with Crippen molar-refractivity contribution in [3.05, 3.63) is 35.1 Å². The van der Waals surface area contributed by atoms with E-state index in [9.17, 15) is 17.6 Å². The molecule has 0 saturated carbocycles. The topological polar surface area (TPSA) is 76.8 Å². The van der Waals surface area contributed by atoms with E-state index in [0.717, 1.165) is 6.21 Å². The first kappa shape index (κ1) is 16.2. The van der Waals surface area contributed by atoms with Crippen LogP contribution in [0.25, 0.3) is 0 Å². The van der Waals surface area contributed by atoms with Crippen molar-refractivity contribution in [3.8, 4) is 0 Å². The highest BCUT2D eigenvalue weighted by atomic mass is 35.5. The molecule has 1 aromatic carbocycles. The zero-order valence-corrected chi connectivity index (χ0v) is 9.60. The molecule has 18 heavy (non-hydrogen) atoms. The fourth-order valence-corrected chi connectivity index (χ4v) is 0.977. The molecule has 0 aromatic heterocycles. The van der Waals surface area contributed by atoms with Crippen LogP contribution in [0.3, 0.4) is 0 Å². The highest BCUT2D eigenvalue weighted by Gasteiger charge is 2.30. The van der Waals surface area contributed by atoms with Crippen LogP contribution >= 0.6 is 12.4 Å². The summed E-state index contributed by atoms with van der Waals surface area (Å²) in [6, 6.07) is 1.94. The molecule has 1 rings (SSSR count). The molecule has 0 unspecified atom stereocenters. The predicted octanol–water partition coefficient (Wildman–Crippen LogP) is 1.87. The Labute approximate surface area is 106 Å². The molecule has 0 saturated heterocycles. The molecule has 4 N–H and O–H groups in total. The van der Waals surface area contributed by atoms with Crippen molar-refractivity contribution < 1.29 is 17.6 Å². The van der Waals surface area contributed by atoms with Gasteiger partial charge in [0.05, 0.1) is 11.8 Å². The zero-order chi connectivity index (χ0) is 13.1. The first-order valence-electron chi connectivity index (χ1n) is 4.29. The van der Waals surface area contributed by atoms with E-state index >= 15 is 0 Å². The second-order valence-corrected chi connectivity index (χ2v) is 3.00. The average molecular weight is 285 g/mol. The van der Waals surface area contributed by atoms with E-state index in [0.29, 0.717) is 18.2 Å². The minimum atomic E-state index is -4.55. The van der Waals surface area contributed by atoms with Gasteiger partial charge in [0, 0.05) is 5.56 Å². The number of guanidine groups is 1. The van der Waals surface area contributed by atoms with Gasteiger partial charge in [-0.2, -0.15) is 18.3 Å². The Balaban J connectivity index is 0.00000289. The Hall–Kier alpha value is -1.83. The molecule has 100 valence electrons. The van der Waals surface area contributed by atoms with Gasteiger partial charge in [-0.05, 0) is 18.2 Å². The van der Waals surface area contributed by atoms with Gasteiger partial charge >= 0.3 is 6.18 Å². The van der Waals surface area contributed by atoms with Crippen molar-refractivity contribution in [2.24, 2.45) is 21.7 Å². The van der Waals surface area contributed by atoms with Crippen LogP contribution in [-0.2, 0) is 6.18 Å².